The molecule has 0 saturated heterocycles. The van der Waals surface area contributed by atoms with Gasteiger partial charge in [-0.25, -0.2) is 4.79 Å². The van der Waals surface area contributed by atoms with Crippen molar-refractivity contribution in [2.24, 2.45) is 5.73 Å². The average Bonchev–Trinajstić information content (AvgIpc) is 2.56. The van der Waals surface area contributed by atoms with Gasteiger partial charge in [-0.1, -0.05) is 18.2 Å². The first-order valence-corrected chi connectivity index (χ1v) is 7.29. The van der Waals surface area contributed by atoms with Crippen molar-refractivity contribution >= 4 is 29.2 Å². The molecule has 4 amide bonds. The van der Waals surface area contributed by atoms with Gasteiger partial charge in [0.15, 0.2) is 0 Å². The molecule has 5 N–H and O–H groups in total. The lowest BCUT2D eigenvalue weighted by Gasteiger charge is -2.15. The minimum atomic E-state index is -0.746. The van der Waals surface area contributed by atoms with E-state index in [2.05, 4.69) is 16.0 Å². The number of anilines is 2. The van der Waals surface area contributed by atoms with Gasteiger partial charge in [-0.2, -0.15) is 0 Å². The first kappa shape index (κ1) is 17.0. The molecule has 0 aliphatic rings. The molecule has 2 rings (SSSR count). The second-order valence-electron chi connectivity index (χ2n) is 5.12. The van der Waals surface area contributed by atoms with Gasteiger partial charge in [0.2, 0.25) is 11.8 Å². The number of rotatable bonds is 5. The minimum absolute atomic E-state index is 0.349. The number of nitrogens with two attached hydrogens (primary N) is 1. The first-order chi connectivity index (χ1) is 11.5. The second-order valence-corrected chi connectivity index (χ2v) is 5.12. The Morgan fingerprint density at radius 3 is 2.04 bits per heavy atom. The molecule has 0 spiro atoms. The van der Waals surface area contributed by atoms with Crippen molar-refractivity contribution in [3.8, 4) is 0 Å². The van der Waals surface area contributed by atoms with Gasteiger partial charge in [0.25, 0.3) is 0 Å². The van der Waals surface area contributed by atoms with Crippen LogP contribution in [0, 0.1) is 0 Å². The highest BCUT2D eigenvalue weighted by Gasteiger charge is 2.15. The Bertz CT molecular complexity index is 729. The SMILES string of the molecule is CC(NC(=O)Nc1ccccc1)C(=O)Nc1ccc(C(N)=O)cc1. The molecule has 24 heavy (non-hydrogen) atoms. The second kappa shape index (κ2) is 7.77. The number of hydrogen-bond donors (Lipinski definition) is 4. The van der Waals surface area contributed by atoms with E-state index in [-0.39, 0.29) is 5.91 Å². The van der Waals surface area contributed by atoms with E-state index in [4.69, 9.17) is 5.73 Å². The summed E-state index contributed by atoms with van der Waals surface area (Å²) in [5.74, 6) is -0.925. The Kier molecular flexibility index (Phi) is 5.51. The standard InChI is InChI=1S/C17H18N4O3/c1-11(19-17(24)21-13-5-3-2-4-6-13)16(23)20-14-9-7-12(8-10-14)15(18)22/h2-11H,1H3,(H2,18,22)(H,20,23)(H2,19,21,24). The number of hydrogen-bond acceptors (Lipinski definition) is 3. The molecule has 7 nitrogen and oxygen atoms in total. The maximum absolute atomic E-state index is 12.1. The van der Waals surface area contributed by atoms with Gasteiger partial charge in [-0.3, -0.25) is 9.59 Å². The van der Waals surface area contributed by atoms with Crippen LogP contribution in [0.15, 0.2) is 54.6 Å². The van der Waals surface area contributed by atoms with Gasteiger partial charge in [0.1, 0.15) is 6.04 Å². The number of carbonyl (C=O) groups is 3. The number of urea groups is 1. The van der Waals surface area contributed by atoms with Crippen molar-refractivity contribution in [3.63, 3.8) is 0 Å². The lowest BCUT2D eigenvalue weighted by molar-refractivity contribution is -0.117. The third-order valence-corrected chi connectivity index (χ3v) is 3.21. The summed E-state index contributed by atoms with van der Waals surface area (Å²) in [6.45, 7) is 1.57. The van der Waals surface area contributed by atoms with Crippen LogP contribution >= 0.6 is 0 Å². The smallest absolute Gasteiger partial charge is 0.319 e. The number of amides is 4. The van der Waals surface area contributed by atoms with Crippen LogP contribution < -0.4 is 21.7 Å². The van der Waals surface area contributed by atoms with Gasteiger partial charge >= 0.3 is 6.03 Å². The van der Waals surface area contributed by atoms with Crippen LogP contribution in [-0.2, 0) is 4.79 Å². The van der Waals surface area contributed by atoms with Crippen LogP contribution in [0.5, 0.6) is 0 Å². The van der Waals surface area contributed by atoms with Gasteiger partial charge < -0.3 is 21.7 Å². The molecule has 0 bridgehead atoms. The van der Waals surface area contributed by atoms with Crippen molar-refractivity contribution in [2.45, 2.75) is 13.0 Å². The summed E-state index contributed by atoms with van der Waals surface area (Å²) in [5, 5.41) is 7.82. The molecule has 1 unspecified atom stereocenters. The topological polar surface area (TPSA) is 113 Å². The van der Waals surface area contributed by atoms with Crippen LogP contribution in [0.3, 0.4) is 0 Å². The Morgan fingerprint density at radius 2 is 1.46 bits per heavy atom. The molecule has 0 heterocycles. The zero-order valence-electron chi connectivity index (χ0n) is 13.1. The summed E-state index contributed by atoms with van der Waals surface area (Å²) in [6.07, 6.45) is 0. The minimum Gasteiger partial charge on any atom is -0.366 e. The molecule has 0 fully saturated rings. The lowest BCUT2D eigenvalue weighted by atomic mass is 10.2. The van der Waals surface area contributed by atoms with Crippen molar-refractivity contribution in [1.29, 1.82) is 0 Å². The predicted octanol–water partition coefficient (Wildman–Crippen LogP) is 1.93. The van der Waals surface area contributed by atoms with E-state index in [0.29, 0.717) is 16.9 Å². The molecule has 1 atom stereocenters. The van der Waals surface area contributed by atoms with Crippen LogP contribution in [0.25, 0.3) is 0 Å². The summed E-state index contributed by atoms with van der Waals surface area (Å²) in [4.78, 5) is 34.9. The summed E-state index contributed by atoms with van der Waals surface area (Å²) in [5.41, 5.74) is 6.63. The number of nitrogens with one attached hydrogen (secondary N) is 3. The Hall–Kier alpha value is -3.35. The van der Waals surface area contributed by atoms with E-state index in [9.17, 15) is 14.4 Å². The Balaban J connectivity index is 1.87. The van der Waals surface area contributed by atoms with Gasteiger partial charge in [0.05, 0.1) is 0 Å². The lowest BCUT2D eigenvalue weighted by Crippen LogP contribution is -2.43. The van der Waals surface area contributed by atoms with Gasteiger partial charge in [-0.15, -0.1) is 0 Å². The number of primary amides is 1. The summed E-state index contributed by atoms with van der Waals surface area (Å²) in [6, 6.07) is 13.8. The maximum atomic E-state index is 12.1. The fraction of sp³-hybridized carbons (Fsp3) is 0.118. The van der Waals surface area contributed by atoms with Crippen molar-refractivity contribution < 1.29 is 14.4 Å². The summed E-state index contributed by atoms with van der Waals surface area (Å²) in [7, 11) is 0. The van der Waals surface area contributed by atoms with E-state index >= 15 is 0 Å². The van der Waals surface area contributed by atoms with Crippen molar-refractivity contribution in [2.75, 3.05) is 10.6 Å². The summed E-state index contributed by atoms with van der Waals surface area (Å²) < 4.78 is 0. The predicted molar refractivity (Wildman–Crippen MR) is 91.6 cm³/mol. The quantitative estimate of drug-likeness (QED) is 0.673. The monoisotopic (exact) mass is 326 g/mol. The molecule has 0 saturated carbocycles. The van der Waals surface area contributed by atoms with Crippen molar-refractivity contribution in [3.05, 3.63) is 60.2 Å². The molecule has 0 aliphatic heterocycles. The molecule has 124 valence electrons. The zero-order valence-corrected chi connectivity index (χ0v) is 13.1. The fourth-order valence-electron chi connectivity index (χ4n) is 1.92. The van der Waals surface area contributed by atoms with E-state index in [1.54, 1.807) is 43.3 Å². The number of para-hydroxylation sites is 1. The molecule has 0 radical (unpaired) electrons. The zero-order chi connectivity index (χ0) is 17.5. The van der Waals surface area contributed by atoms with Crippen LogP contribution in [0.4, 0.5) is 16.2 Å². The third kappa shape index (κ3) is 4.84. The molecular weight excluding hydrogens is 308 g/mol. The summed E-state index contributed by atoms with van der Waals surface area (Å²) >= 11 is 0. The highest BCUT2D eigenvalue weighted by Crippen LogP contribution is 2.10. The van der Waals surface area contributed by atoms with Crippen LogP contribution in [0.1, 0.15) is 17.3 Å². The van der Waals surface area contributed by atoms with Gasteiger partial charge in [-0.05, 0) is 43.3 Å². The highest BCUT2D eigenvalue weighted by molar-refractivity contribution is 5.99. The van der Waals surface area contributed by atoms with Crippen LogP contribution in [-0.4, -0.2) is 23.9 Å². The van der Waals surface area contributed by atoms with Crippen molar-refractivity contribution in [1.82, 2.24) is 5.32 Å². The number of benzene rings is 2. The van der Waals surface area contributed by atoms with E-state index in [1.165, 1.54) is 12.1 Å². The molecule has 2 aromatic carbocycles. The molecule has 0 aromatic heterocycles. The van der Waals surface area contributed by atoms with Gasteiger partial charge in [0, 0.05) is 16.9 Å². The Labute approximate surface area is 139 Å². The number of carbonyl (C=O) groups excluding carboxylic acids is 3. The fourth-order valence-corrected chi connectivity index (χ4v) is 1.92. The highest BCUT2D eigenvalue weighted by atomic mass is 16.2. The molecule has 0 aliphatic carbocycles. The van der Waals surface area contributed by atoms with E-state index in [1.807, 2.05) is 6.07 Å². The molecule has 2 aromatic rings. The first-order valence-electron chi connectivity index (χ1n) is 7.29. The van der Waals surface area contributed by atoms with E-state index < -0.39 is 18.0 Å². The molecular formula is C17H18N4O3. The average molecular weight is 326 g/mol. The normalized spacial score (nSPS) is 11.2. The molecule has 7 heteroatoms. The van der Waals surface area contributed by atoms with Crippen LogP contribution in [0.2, 0.25) is 0 Å². The van der Waals surface area contributed by atoms with E-state index in [0.717, 1.165) is 0 Å². The Morgan fingerprint density at radius 1 is 0.875 bits per heavy atom. The largest absolute Gasteiger partial charge is 0.366 e. The third-order valence-electron chi connectivity index (χ3n) is 3.21. The maximum Gasteiger partial charge on any atom is 0.319 e.